The van der Waals surface area contributed by atoms with Gasteiger partial charge in [-0.05, 0) is 0 Å². The van der Waals surface area contributed by atoms with E-state index in [1.807, 2.05) is 18.5 Å². The monoisotopic (exact) mass is 272 g/mol. The van der Waals surface area contributed by atoms with Crippen LogP contribution in [0.5, 0.6) is 0 Å². The summed E-state index contributed by atoms with van der Waals surface area (Å²) in [4.78, 5) is 9.92. The van der Waals surface area contributed by atoms with E-state index in [1.54, 1.807) is 0 Å². The summed E-state index contributed by atoms with van der Waals surface area (Å²) >= 11 is 0.513. The molecule has 0 saturated heterocycles. The Balaban J connectivity index is 2.32. The van der Waals surface area contributed by atoms with Crippen molar-refractivity contribution in [2.45, 2.75) is 0 Å². The summed E-state index contributed by atoms with van der Waals surface area (Å²) in [7, 11) is 0. The number of nitrogens with one attached hydrogen (secondary N) is 1. The molecule has 0 radical (unpaired) electrons. The fraction of sp³-hybridized carbons (Fsp3) is 0. The first-order valence-electron chi connectivity index (χ1n) is 5.14. The number of rotatable bonds is 0. The number of nitrogens with zero attached hydrogens (tertiary/aromatic N) is 1. The van der Waals surface area contributed by atoms with Crippen molar-refractivity contribution in [3.05, 3.63) is 41.6 Å². The fourth-order valence-electron chi connectivity index (χ4n) is 2.20. The second-order valence-corrected chi connectivity index (χ2v) is 5.89. The van der Waals surface area contributed by atoms with Crippen LogP contribution < -0.4 is 0 Å². The number of aromatic nitrogens is 2. The molecule has 0 saturated carbocycles. The summed E-state index contributed by atoms with van der Waals surface area (Å²) in [6, 6.07) is 8.81. The van der Waals surface area contributed by atoms with Gasteiger partial charge in [-0.2, -0.15) is 0 Å². The third-order valence-corrected chi connectivity index (χ3v) is 4.82. The number of pyridine rings is 1. The van der Waals surface area contributed by atoms with Crippen molar-refractivity contribution >= 4 is 46.0 Å². The van der Waals surface area contributed by atoms with Crippen LogP contribution in [0.1, 0.15) is 0 Å². The summed E-state index contributed by atoms with van der Waals surface area (Å²) in [6.07, 6.45) is 3.76. The third-order valence-electron chi connectivity index (χ3n) is 2.97. The summed E-state index contributed by atoms with van der Waals surface area (Å²) in [5, 5.41) is 3.87. The van der Waals surface area contributed by atoms with Crippen molar-refractivity contribution < 1.29 is 0 Å². The van der Waals surface area contributed by atoms with Crippen LogP contribution in [0.15, 0.2) is 41.6 Å². The second kappa shape index (κ2) is 2.97. The summed E-state index contributed by atoms with van der Waals surface area (Å²) in [5.74, 6) is 0. The molecule has 0 bridgehead atoms. The van der Waals surface area contributed by atoms with E-state index in [-0.39, 0.29) is 0 Å². The van der Waals surface area contributed by atoms with Gasteiger partial charge in [0, 0.05) is 0 Å². The number of benzene rings is 1. The van der Waals surface area contributed by atoms with Crippen molar-refractivity contribution in [3.8, 4) is 0 Å². The van der Waals surface area contributed by atoms with Crippen molar-refractivity contribution in [3.63, 3.8) is 0 Å². The number of hydrogen-bond donors (Lipinski definition) is 1. The predicted octanol–water partition coefficient (Wildman–Crippen LogP) is 2.93. The maximum absolute atomic E-state index is 4.19. The van der Waals surface area contributed by atoms with E-state index >= 15 is 0 Å². The van der Waals surface area contributed by atoms with Gasteiger partial charge in [-0.15, -0.1) is 0 Å². The van der Waals surface area contributed by atoms with Gasteiger partial charge in [0.25, 0.3) is 0 Å². The van der Waals surface area contributed by atoms with Crippen LogP contribution in [0.25, 0.3) is 31.5 Å². The molecule has 3 heteroatoms. The molecule has 0 atom stereocenters. The summed E-state index contributed by atoms with van der Waals surface area (Å²) in [6.45, 7) is 0. The molecule has 0 amide bonds. The number of fused-ring (bicyclic) bond motifs is 4. The molecule has 0 aliphatic rings. The van der Waals surface area contributed by atoms with E-state index in [1.165, 1.54) is 31.5 Å². The molecule has 3 aromatic heterocycles. The van der Waals surface area contributed by atoms with Gasteiger partial charge in [-0.1, -0.05) is 0 Å². The molecule has 16 heavy (non-hydrogen) atoms. The standard InChI is InChI=1S/C13H8N2Se/c1-3-14-7-10-9-5-8-2-4-16-13(8)6-12(9)15-11(1)10/h1-7,15H. The van der Waals surface area contributed by atoms with E-state index in [4.69, 9.17) is 0 Å². The van der Waals surface area contributed by atoms with Crippen LogP contribution in [0.2, 0.25) is 0 Å². The predicted molar refractivity (Wildman–Crippen MR) is 68.0 cm³/mol. The normalized spacial score (nSPS) is 11.8. The van der Waals surface area contributed by atoms with Gasteiger partial charge in [-0.25, -0.2) is 0 Å². The van der Waals surface area contributed by atoms with Gasteiger partial charge in [0.2, 0.25) is 0 Å². The Morgan fingerprint density at radius 1 is 1.06 bits per heavy atom. The molecule has 2 nitrogen and oxygen atoms in total. The van der Waals surface area contributed by atoms with E-state index in [0.29, 0.717) is 14.5 Å². The number of aromatic amines is 1. The van der Waals surface area contributed by atoms with E-state index in [0.717, 1.165) is 0 Å². The van der Waals surface area contributed by atoms with Gasteiger partial charge < -0.3 is 0 Å². The first-order valence-corrected chi connectivity index (χ1v) is 6.99. The molecular weight excluding hydrogens is 263 g/mol. The Labute approximate surface area is 97.7 Å². The minimum absolute atomic E-state index is 0.513. The zero-order valence-corrected chi connectivity index (χ0v) is 10.1. The Bertz CT molecular complexity index is 810. The van der Waals surface area contributed by atoms with Gasteiger partial charge in [0.05, 0.1) is 0 Å². The zero-order valence-electron chi connectivity index (χ0n) is 8.40. The molecule has 0 aliphatic heterocycles. The topological polar surface area (TPSA) is 28.7 Å². The molecular formula is C13H8N2Se. The minimum atomic E-state index is 0.513. The molecule has 4 rings (SSSR count). The molecule has 76 valence electrons. The van der Waals surface area contributed by atoms with Gasteiger partial charge in [0.1, 0.15) is 0 Å². The second-order valence-electron chi connectivity index (χ2n) is 3.90. The van der Waals surface area contributed by atoms with Gasteiger partial charge in [-0.3, -0.25) is 0 Å². The molecule has 0 fully saturated rings. The van der Waals surface area contributed by atoms with Crippen molar-refractivity contribution in [1.82, 2.24) is 9.97 Å². The van der Waals surface area contributed by atoms with Crippen molar-refractivity contribution in [1.29, 1.82) is 0 Å². The SMILES string of the molecule is c1cc2[nH]c3cc4[se]ccc4cc3c2cn1. The van der Waals surface area contributed by atoms with Crippen LogP contribution in [0.3, 0.4) is 0 Å². The first kappa shape index (κ1) is 8.57. The van der Waals surface area contributed by atoms with Gasteiger partial charge in [0.15, 0.2) is 0 Å². The van der Waals surface area contributed by atoms with Gasteiger partial charge >= 0.3 is 97.5 Å². The van der Waals surface area contributed by atoms with Crippen LogP contribution in [0, 0.1) is 0 Å². The third kappa shape index (κ3) is 1.04. The fourth-order valence-corrected chi connectivity index (χ4v) is 3.90. The number of hydrogen-bond acceptors (Lipinski definition) is 1. The summed E-state index contributed by atoms with van der Waals surface area (Å²) < 4.78 is 1.47. The van der Waals surface area contributed by atoms with Crippen LogP contribution >= 0.6 is 0 Å². The molecule has 3 heterocycles. The van der Waals surface area contributed by atoms with Crippen molar-refractivity contribution in [2.75, 3.05) is 0 Å². The molecule has 1 N–H and O–H groups in total. The quantitative estimate of drug-likeness (QED) is 0.489. The van der Waals surface area contributed by atoms with Crippen LogP contribution in [-0.2, 0) is 0 Å². The van der Waals surface area contributed by atoms with E-state index < -0.39 is 0 Å². The average molecular weight is 271 g/mol. The summed E-state index contributed by atoms with van der Waals surface area (Å²) in [5.41, 5.74) is 2.40. The Kier molecular flexibility index (Phi) is 1.59. The first-order chi connectivity index (χ1) is 7.92. The zero-order chi connectivity index (χ0) is 10.5. The van der Waals surface area contributed by atoms with Crippen LogP contribution in [-0.4, -0.2) is 24.5 Å². The molecule has 0 aliphatic carbocycles. The van der Waals surface area contributed by atoms with Crippen LogP contribution in [0.4, 0.5) is 0 Å². The van der Waals surface area contributed by atoms with E-state index in [2.05, 4.69) is 33.1 Å². The Morgan fingerprint density at radius 2 is 2.06 bits per heavy atom. The maximum atomic E-state index is 4.19. The average Bonchev–Trinajstić information content (AvgIpc) is 2.88. The Hall–Kier alpha value is -1.57. The molecule has 0 spiro atoms. The Morgan fingerprint density at radius 3 is 3.06 bits per heavy atom. The number of H-pyrrole nitrogens is 1. The molecule has 0 unspecified atom stereocenters. The molecule has 4 aromatic rings. The van der Waals surface area contributed by atoms with E-state index in [9.17, 15) is 0 Å². The van der Waals surface area contributed by atoms with Crippen molar-refractivity contribution in [2.24, 2.45) is 0 Å². The molecule has 1 aromatic carbocycles.